The first kappa shape index (κ1) is 19.1. The average Bonchev–Trinajstić information content (AvgIpc) is 3.20. The number of phenolic OH excluding ortho intramolecular Hbond substituents is 1. The third-order valence-corrected chi connectivity index (χ3v) is 5.04. The van der Waals surface area contributed by atoms with E-state index in [4.69, 9.17) is 18.6 Å². The maximum atomic E-state index is 12.6. The summed E-state index contributed by atoms with van der Waals surface area (Å²) in [5.74, 6) is 1.42. The fourth-order valence-electron chi connectivity index (χ4n) is 3.35. The minimum Gasteiger partial charge on any atom is -0.504 e. The number of phenols is 1. The van der Waals surface area contributed by atoms with E-state index in [-0.39, 0.29) is 34.7 Å². The highest BCUT2D eigenvalue weighted by Crippen LogP contribution is 2.44. The first-order valence-electron chi connectivity index (χ1n) is 9.65. The van der Waals surface area contributed by atoms with Crippen LogP contribution in [-0.2, 0) is 0 Å². The number of hydrogen-bond donors (Lipinski definition) is 1. The SMILES string of the molecule is CCN(CC)CCOc1ccc(-c2cc(=O)c3c(O)c4c(cc3o2)OCO4)cc1. The number of fused-ring (bicyclic) bond motifs is 2. The van der Waals surface area contributed by atoms with Crippen LogP contribution in [0.4, 0.5) is 0 Å². The van der Waals surface area contributed by atoms with Gasteiger partial charge in [0, 0.05) is 24.2 Å². The Bertz CT molecular complexity index is 1070. The quantitative estimate of drug-likeness (QED) is 0.652. The molecule has 0 saturated carbocycles. The lowest BCUT2D eigenvalue weighted by Gasteiger charge is -2.18. The molecule has 0 fully saturated rings. The van der Waals surface area contributed by atoms with Gasteiger partial charge in [-0.2, -0.15) is 0 Å². The first-order chi connectivity index (χ1) is 14.1. The Kier molecular flexibility index (Phi) is 5.31. The van der Waals surface area contributed by atoms with Gasteiger partial charge in [-0.1, -0.05) is 13.8 Å². The van der Waals surface area contributed by atoms with Crippen LogP contribution >= 0.6 is 0 Å². The van der Waals surface area contributed by atoms with Gasteiger partial charge in [-0.05, 0) is 37.4 Å². The number of ether oxygens (including phenoxy) is 3. The zero-order chi connectivity index (χ0) is 20.4. The van der Waals surface area contributed by atoms with Crippen LogP contribution in [0.2, 0.25) is 0 Å². The first-order valence-corrected chi connectivity index (χ1v) is 9.65. The third-order valence-electron chi connectivity index (χ3n) is 5.04. The van der Waals surface area contributed by atoms with Crippen molar-refractivity contribution in [2.24, 2.45) is 0 Å². The summed E-state index contributed by atoms with van der Waals surface area (Å²) in [6, 6.07) is 10.3. The predicted octanol–water partition coefficient (Wildman–Crippen LogP) is 3.61. The van der Waals surface area contributed by atoms with E-state index in [1.807, 2.05) is 24.3 Å². The highest BCUT2D eigenvalue weighted by molar-refractivity contribution is 5.89. The van der Waals surface area contributed by atoms with Crippen molar-refractivity contribution < 1.29 is 23.7 Å². The molecule has 0 aliphatic carbocycles. The van der Waals surface area contributed by atoms with Crippen LogP contribution in [0.15, 0.2) is 45.6 Å². The monoisotopic (exact) mass is 397 g/mol. The Hall–Kier alpha value is -3.19. The minimum absolute atomic E-state index is 0.00397. The van der Waals surface area contributed by atoms with Crippen molar-refractivity contribution in [1.82, 2.24) is 4.90 Å². The summed E-state index contributed by atoms with van der Waals surface area (Å²) in [7, 11) is 0. The number of likely N-dealkylation sites (N-methyl/N-ethyl adjacent to an activating group) is 1. The maximum absolute atomic E-state index is 12.6. The van der Waals surface area contributed by atoms with Gasteiger partial charge in [-0.15, -0.1) is 0 Å². The molecule has 1 aliphatic rings. The van der Waals surface area contributed by atoms with Crippen molar-refractivity contribution in [3.05, 3.63) is 46.6 Å². The standard InChI is InChI=1S/C22H23NO6/c1-3-23(4-2)9-10-26-15-7-5-14(6-8-15)17-11-16(24)20-18(29-17)12-19-22(21(20)25)28-13-27-19/h5-8,11-12,25H,3-4,9-10,13H2,1-2H3. The van der Waals surface area contributed by atoms with Crippen molar-refractivity contribution in [3.8, 4) is 34.3 Å². The van der Waals surface area contributed by atoms with Crippen LogP contribution in [0.5, 0.6) is 23.0 Å². The van der Waals surface area contributed by atoms with Gasteiger partial charge in [0.05, 0.1) is 0 Å². The zero-order valence-electron chi connectivity index (χ0n) is 16.4. The van der Waals surface area contributed by atoms with Gasteiger partial charge in [0.1, 0.15) is 29.1 Å². The zero-order valence-corrected chi connectivity index (χ0v) is 16.4. The van der Waals surface area contributed by atoms with E-state index in [1.165, 1.54) is 6.07 Å². The lowest BCUT2D eigenvalue weighted by Crippen LogP contribution is -2.27. The van der Waals surface area contributed by atoms with Crippen LogP contribution in [-0.4, -0.2) is 43.0 Å². The van der Waals surface area contributed by atoms with E-state index < -0.39 is 0 Å². The molecule has 7 heteroatoms. The molecule has 1 N–H and O–H groups in total. The van der Waals surface area contributed by atoms with Crippen LogP contribution < -0.4 is 19.6 Å². The van der Waals surface area contributed by atoms with Crippen LogP contribution in [0, 0.1) is 0 Å². The Balaban J connectivity index is 1.57. The molecular formula is C22H23NO6. The summed E-state index contributed by atoms with van der Waals surface area (Å²) < 4.78 is 22.2. The topological polar surface area (TPSA) is 81.4 Å². The normalized spacial score (nSPS) is 12.7. The lowest BCUT2D eigenvalue weighted by atomic mass is 10.1. The molecule has 152 valence electrons. The van der Waals surface area contributed by atoms with E-state index in [1.54, 1.807) is 6.07 Å². The van der Waals surface area contributed by atoms with Gasteiger partial charge in [0.2, 0.25) is 12.5 Å². The molecule has 0 amide bonds. The van der Waals surface area contributed by atoms with Crippen molar-refractivity contribution >= 4 is 11.0 Å². The number of rotatable bonds is 7. The molecule has 2 heterocycles. The molecular weight excluding hydrogens is 374 g/mol. The second-order valence-corrected chi connectivity index (χ2v) is 6.71. The maximum Gasteiger partial charge on any atom is 0.231 e. The molecule has 0 spiro atoms. The minimum atomic E-state index is -0.350. The molecule has 1 aliphatic heterocycles. The lowest BCUT2D eigenvalue weighted by molar-refractivity contribution is 0.171. The summed E-state index contributed by atoms with van der Waals surface area (Å²) >= 11 is 0. The molecule has 2 aromatic carbocycles. The third kappa shape index (κ3) is 3.73. The average molecular weight is 397 g/mol. The molecule has 3 aromatic rings. The second kappa shape index (κ2) is 8.05. The van der Waals surface area contributed by atoms with E-state index in [0.29, 0.717) is 18.1 Å². The van der Waals surface area contributed by atoms with Gasteiger partial charge in [0.15, 0.2) is 16.9 Å². The molecule has 0 atom stereocenters. The van der Waals surface area contributed by atoms with Gasteiger partial charge >= 0.3 is 0 Å². The van der Waals surface area contributed by atoms with Gasteiger partial charge in [0.25, 0.3) is 0 Å². The Labute approximate surface area is 168 Å². The Morgan fingerprint density at radius 2 is 1.86 bits per heavy atom. The summed E-state index contributed by atoms with van der Waals surface area (Å²) in [5, 5.41) is 10.4. The molecule has 0 radical (unpaired) electrons. The van der Waals surface area contributed by atoms with Crippen LogP contribution in [0.3, 0.4) is 0 Å². The molecule has 29 heavy (non-hydrogen) atoms. The summed E-state index contributed by atoms with van der Waals surface area (Å²) in [4.78, 5) is 14.9. The molecule has 0 saturated heterocycles. The molecule has 0 bridgehead atoms. The van der Waals surface area contributed by atoms with Crippen molar-refractivity contribution in [1.29, 1.82) is 0 Å². The molecule has 4 rings (SSSR count). The fourth-order valence-corrected chi connectivity index (χ4v) is 3.35. The van der Waals surface area contributed by atoms with Crippen LogP contribution in [0.25, 0.3) is 22.3 Å². The van der Waals surface area contributed by atoms with E-state index >= 15 is 0 Å². The van der Waals surface area contributed by atoms with E-state index in [9.17, 15) is 9.90 Å². The van der Waals surface area contributed by atoms with Gasteiger partial charge in [-0.25, -0.2) is 0 Å². The smallest absolute Gasteiger partial charge is 0.231 e. The van der Waals surface area contributed by atoms with Crippen molar-refractivity contribution in [3.63, 3.8) is 0 Å². The largest absolute Gasteiger partial charge is 0.504 e. The van der Waals surface area contributed by atoms with E-state index in [0.717, 1.165) is 30.9 Å². The molecule has 1 aromatic heterocycles. The highest BCUT2D eigenvalue weighted by atomic mass is 16.7. The number of benzene rings is 2. The Morgan fingerprint density at radius 1 is 1.10 bits per heavy atom. The molecule has 7 nitrogen and oxygen atoms in total. The number of aromatic hydroxyl groups is 1. The summed E-state index contributed by atoms with van der Waals surface area (Å²) in [5.41, 5.74) is 0.627. The Morgan fingerprint density at radius 3 is 2.59 bits per heavy atom. The highest BCUT2D eigenvalue weighted by Gasteiger charge is 2.24. The summed E-state index contributed by atoms with van der Waals surface area (Å²) in [6.45, 7) is 7.72. The van der Waals surface area contributed by atoms with Crippen molar-refractivity contribution in [2.45, 2.75) is 13.8 Å². The van der Waals surface area contributed by atoms with Gasteiger partial charge < -0.3 is 28.6 Å². The van der Waals surface area contributed by atoms with Crippen LogP contribution in [0.1, 0.15) is 13.8 Å². The molecule has 0 unspecified atom stereocenters. The van der Waals surface area contributed by atoms with Crippen molar-refractivity contribution in [2.75, 3.05) is 33.0 Å². The van der Waals surface area contributed by atoms with Gasteiger partial charge in [-0.3, -0.25) is 4.79 Å². The van der Waals surface area contributed by atoms with E-state index in [2.05, 4.69) is 18.7 Å². The second-order valence-electron chi connectivity index (χ2n) is 6.71. The summed E-state index contributed by atoms with van der Waals surface area (Å²) in [6.07, 6.45) is 0. The predicted molar refractivity (Wildman–Crippen MR) is 109 cm³/mol. The number of nitrogens with zero attached hydrogens (tertiary/aromatic N) is 1. The number of hydrogen-bond acceptors (Lipinski definition) is 7. The fraction of sp³-hybridized carbons (Fsp3) is 0.318.